The summed E-state index contributed by atoms with van der Waals surface area (Å²) < 4.78 is 12.8. The van der Waals surface area contributed by atoms with Gasteiger partial charge >= 0.3 is 0 Å². The number of phenolic OH excluding ortho intramolecular Hbond substituents is 1. The van der Waals surface area contributed by atoms with E-state index in [2.05, 4.69) is 19.7 Å². The summed E-state index contributed by atoms with van der Waals surface area (Å²) in [6.45, 7) is 11.0. The van der Waals surface area contributed by atoms with Crippen molar-refractivity contribution < 1.29 is 9.67 Å². The maximum absolute atomic E-state index is 12.8. The summed E-state index contributed by atoms with van der Waals surface area (Å²) in [5, 5.41) is 10.5. The molecule has 0 unspecified atom stereocenters. The lowest BCUT2D eigenvalue weighted by Gasteiger charge is -2.16. The third kappa shape index (κ3) is 3.24. The summed E-state index contributed by atoms with van der Waals surface area (Å²) in [7, 11) is -2.52. The molecule has 0 radical (unpaired) electrons. The van der Waals surface area contributed by atoms with E-state index in [1.165, 1.54) is 0 Å². The molecule has 0 aliphatic carbocycles. The fourth-order valence-corrected chi connectivity index (χ4v) is 3.99. The Kier molecular flexibility index (Phi) is 5.18. The second kappa shape index (κ2) is 6.42. The molecule has 0 spiro atoms. The summed E-state index contributed by atoms with van der Waals surface area (Å²) in [6, 6.07) is 5.10. The van der Waals surface area contributed by atoms with Crippen molar-refractivity contribution in [2.24, 2.45) is 0 Å². The molecule has 0 fully saturated rings. The molecule has 0 aliphatic heterocycles. The summed E-state index contributed by atoms with van der Waals surface area (Å²) in [6.07, 6.45) is 6.50. The van der Waals surface area contributed by atoms with Crippen LogP contribution in [0.5, 0.6) is 5.75 Å². The van der Waals surface area contributed by atoms with Crippen LogP contribution >= 0.6 is 7.14 Å². The molecule has 2 nitrogen and oxygen atoms in total. The highest BCUT2D eigenvalue weighted by molar-refractivity contribution is 7.71. The van der Waals surface area contributed by atoms with Gasteiger partial charge in [0.1, 0.15) is 12.9 Å². The average molecular weight is 262 g/mol. The highest BCUT2D eigenvalue weighted by Crippen LogP contribution is 2.45. The third-order valence-corrected chi connectivity index (χ3v) is 5.66. The van der Waals surface area contributed by atoms with Gasteiger partial charge in [-0.2, -0.15) is 0 Å². The van der Waals surface area contributed by atoms with Crippen LogP contribution in [0.2, 0.25) is 0 Å². The molecular formula is C15H19O2P. The van der Waals surface area contributed by atoms with Crippen LogP contribution in [0.3, 0.4) is 0 Å². The molecule has 18 heavy (non-hydrogen) atoms. The zero-order valence-corrected chi connectivity index (χ0v) is 11.4. The zero-order valence-electron chi connectivity index (χ0n) is 10.5. The third-order valence-electron chi connectivity index (χ3n) is 2.75. The SMILES string of the molecule is C=CCc1cc(P(=O)(CC=C)CC=C)ccc1O. The molecule has 1 aromatic rings. The van der Waals surface area contributed by atoms with Gasteiger partial charge in [-0.25, -0.2) is 0 Å². The zero-order chi connectivity index (χ0) is 13.6. The molecule has 0 saturated carbocycles. The van der Waals surface area contributed by atoms with E-state index in [4.69, 9.17) is 0 Å². The minimum Gasteiger partial charge on any atom is -0.508 e. The number of hydrogen-bond donors (Lipinski definition) is 1. The molecule has 0 aliphatic rings. The van der Waals surface area contributed by atoms with Crippen LogP contribution in [0.15, 0.2) is 56.2 Å². The minimum atomic E-state index is -2.52. The number of allylic oxidation sites excluding steroid dienone is 3. The molecule has 0 aromatic heterocycles. The molecule has 1 aromatic carbocycles. The maximum atomic E-state index is 12.8. The van der Waals surface area contributed by atoms with Crippen LogP contribution in [0, 0.1) is 0 Å². The highest BCUT2D eigenvalue weighted by Gasteiger charge is 2.22. The summed E-state index contributed by atoms with van der Waals surface area (Å²) >= 11 is 0. The lowest BCUT2D eigenvalue weighted by atomic mass is 10.1. The molecule has 3 heteroatoms. The molecule has 1 N–H and O–H groups in total. The van der Waals surface area contributed by atoms with Gasteiger partial charge in [0.2, 0.25) is 0 Å². The first kappa shape index (κ1) is 14.5. The van der Waals surface area contributed by atoms with Gasteiger partial charge in [-0.1, -0.05) is 18.2 Å². The molecule has 1 rings (SSSR count). The summed E-state index contributed by atoms with van der Waals surface area (Å²) in [4.78, 5) is 0. The van der Waals surface area contributed by atoms with Gasteiger partial charge < -0.3 is 9.67 Å². The first-order chi connectivity index (χ1) is 8.57. The second-order valence-corrected chi connectivity index (χ2v) is 7.16. The molecule has 0 amide bonds. The largest absolute Gasteiger partial charge is 0.508 e. The van der Waals surface area contributed by atoms with Gasteiger partial charge in [-0.3, -0.25) is 0 Å². The Morgan fingerprint density at radius 1 is 1.11 bits per heavy atom. The minimum absolute atomic E-state index is 0.211. The highest BCUT2D eigenvalue weighted by atomic mass is 31.2. The molecule has 0 heterocycles. The van der Waals surface area contributed by atoms with E-state index in [1.807, 2.05) is 0 Å². The first-order valence-electron chi connectivity index (χ1n) is 5.80. The van der Waals surface area contributed by atoms with Gasteiger partial charge in [-0.15, -0.1) is 19.7 Å². The monoisotopic (exact) mass is 262 g/mol. The lowest BCUT2D eigenvalue weighted by molar-refractivity contribution is 0.470. The van der Waals surface area contributed by atoms with Crippen molar-refractivity contribution in [1.82, 2.24) is 0 Å². The Morgan fingerprint density at radius 2 is 1.72 bits per heavy atom. The number of aromatic hydroxyl groups is 1. The molecule has 0 saturated heterocycles. The lowest BCUT2D eigenvalue weighted by Crippen LogP contribution is -2.10. The fraction of sp³-hybridized carbons (Fsp3) is 0.200. The Balaban J connectivity index is 3.24. The normalized spacial score (nSPS) is 10.9. The molecular weight excluding hydrogens is 243 g/mol. The van der Waals surface area contributed by atoms with Crippen LogP contribution in [0.1, 0.15) is 5.56 Å². The van der Waals surface area contributed by atoms with Gasteiger partial charge in [-0.05, 0) is 30.2 Å². The van der Waals surface area contributed by atoms with Gasteiger partial charge in [0.05, 0.1) is 0 Å². The number of rotatable bonds is 7. The Hall–Kier alpha value is -1.53. The smallest absolute Gasteiger partial charge is 0.122 e. The van der Waals surface area contributed by atoms with Crippen LogP contribution in [0.25, 0.3) is 0 Å². The van der Waals surface area contributed by atoms with Crippen molar-refractivity contribution in [3.8, 4) is 5.75 Å². The van der Waals surface area contributed by atoms with Crippen LogP contribution < -0.4 is 5.30 Å². The van der Waals surface area contributed by atoms with E-state index < -0.39 is 7.14 Å². The Morgan fingerprint density at radius 3 is 2.22 bits per heavy atom. The molecule has 0 bridgehead atoms. The Labute approximate surface area is 109 Å². The van der Waals surface area contributed by atoms with E-state index in [1.54, 1.807) is 36.4 Å². The van der Waals surface area contributed by atoms with Crippen LogP contribution in [0.4, 0.5) is 0 Å². The molecule has 96 valence electrons. The van der Waals surface area contributed by atoms with Crippen molar-refractivity contribution >= 4 is 12.4 Å². The van der Waals surface area contributed by atoms with Crippen molar-refractivity contribution in [2.75, 3.05) is 12.3 Å². The predicted octanol–water partition coefficient (Wildman–Crippen LogP) is 3.48. The van der Waals surface area contributed by atoms with Gasteiger partial charge in [0, 0.05) is 17.6 Å². The number of phenols is 1. The maximum Gasteiger partial charge on any atom is 0.122 e. The Bertz CT molecular complexity index is 489. The summed E-state index contributed by atoms with van der Waals surface area (Å²) in [5.41, 5.74) is 0.746. The average Bonchev–Trinajstić information content (AvgIpc) is 2.32. The number of benzene rings is 1. The number of hydrogen-bond acceptors (Lipinski definition) is 2. The predicted molar refractivity (Wildman–Crippen MR) is 79.4 cm³/mol. The van der Waals surface area contributed by atoms with Gasteiger partial charge in [0.15, 0.2) is 0 Å². The standard InChI is InChI=1S/C15H19O2P/c1-4-7-13-12-14(8-9-15(13)16)18(17,10-5-2)11-6-3/h4-6,8-9,12,16H,1-3,7,10-11H2. The van der Waals surface area contributed by atoms with Crippen molar-refractivity contribution in [3.63, 3.8) is 0 Å². The van der Waals surface area contributed by atoms with E-state index in [0.29, 0.717) is 18.7 Å². The van der Waals surface area contributed by atoms with E-state index in [0.717, 1.165) is 10.9 Å². The van der Waals surface area contributed by atoms with Crippen LogP contribution in [-0.4, -0.2) is 17.4 Å². The van der Waals surface area contributed by atoms with Crippen molar-refractivity contribution in [1.29, 1.82) is 0 Å². The second-order valence-electron chi connectivity index (χ2n) is 4.14. The van der Waals surface area contributed by atoms with Crippen molar-refractivity contribution in [3.05, 3.63) is 61.7 Å². The quantitative estimate of drug-likeness (QED) is 0.603. The van der Waals surface area contributed by atoms with Gasteiger partial charge in [0.25, 0.3) is 0 Å². The molecule has 0 atom stereocenters. The topological polar surface area (TPSA) is 37.3 Å². The summed E-state index contributed by atoms with van der Waals surface area (Å²) in [5.74, 6) is 0.211. The first-order valence-corrected chi connectivity index (χ1v) is 7.88. The fourth-order valence-electron chi connectivity index (χ4n) is 1.85. The van der Waals surface area contributed by atoms with E-state index in [9.17, 15) is 9.67 Å². The van der Waals surface area contributed by atoms with Crippen LogP contribution in [-0.2, 0) is 11.0 Å². The van der Waals surface area contributed by atoms with E-state index >= 15 is 0 Å². The van der Waals surface area contributed by atoms with Crippen molar-refractivity contribution in [2.45, 2.75) is 6.42 Å². The van der Waals surface area contributed by atoms with E-state index in [-0.39, 0.29) is 5.75 Å².